The highest BCUT2D eigenvalue weighted by atomic mass is 79.9. The molecule has 1 rings (SSSR count). The van der Waals surface area contributed by atoms with E-state index in [9.17, 15) is 4.79 Å². The summed E-state index contributed by atoms with van der Waals surface area (Å²) in [6.07, 6.45) is 1.04. The summed E-state index contributed by atoms with van der Waals surface area (Å²) in [5.74, 6) is 0.0576. The van der Waals surface area contributed by atoms with Crippen LogP contribution in [0.3, 0.4) is 0 Å². The lowest BCUT2D eigenvalue weighted by Crippen LogP contribution is -2.13. The molecule has 0 aliphatic heterocycles. The largest absolute Gasteiger partial charge is 0.478 e. The summed E-state index contributed by atoms with van der Waals surface area (Å²) >= 11 is 4.96. The first-order valence-corrected chi connectivity index (χ1v) is 7.09. The third-order valence-electron chi connectivity index (χ3n) is 2.18. The molecule has 0 fully saturated rings. The monoisotopic (exact) mass is 317 g/mol. The van der Waals surface area contributed by atoms with Gasteiger partial charge in [-0.15, -0.1) is 11.8 Å². The number of thioether (sulfide) groups is 1. The normalized spacial score (nSPS) is 10.8. The van der Waals surface area contributed by atoms with Crippen LogP contribution in [0.5, 0.6) is 0 Å². The minimum absolute atomic E-state index is 0.378. The molecule has 0 aliphatic carbocycles. The van der Waals surface area contributed by atoms with Gasteiger partial charge in [0, 0.05) is 9.37 Å². The molecule has 0 heterocycles. The highest BCUT2D eigenvalue weighted by molar-refractivity contribution is 9.10. The van der Waals surface area contributed by atoms with Crippen LogP contribution in [0.4, 0.5) is 0 Å². The third kappa shape index (κ3) is 5.10. The van der Waals surface area contributed by atoms with Gasteiger partial charge in [-0.25, -0.2) is 4.79 Å². The molecule has 1 N–H and O–H groups in total. The van der Waals surface area contributed by atoms with E-state index in [1.54, 1.807) is 23.9 Å². The van der Waals surface area contributed by atoms with Crippen molar-refractivity contribution in [2.45, 2.75) is 11.3 Å². The maximum atomic E-state index is 11.0. The summed E-state index contributed by atoms with van der Waals surface area (Å²) in [6.45, 7) is 1.02. The van der Waals surface area contributed by atoms with Crippen LogP contribution in [0.2, 0.25) is 0 Å². The average molecular weight is 318 g/mol. The van der Waals surface area contributed by atoms with Gasteiger partial charge in [0.25, 0.3) is 0 Å². The Kier molecular flexibility index (Phi) is 6.02. The van der Waals surface area contributed by atoms with Crippen molar-refractivity contribution in [2.75, 3.05) is 26.4 Å². The van der Waals surface area contributed by atoms with Gasteiger partial charge in [-0.1, -0.05) is 15.9 Å². The SMILES string of the molecule is CN(C)CCCSc1cc(Br)ccc1C(=O)O. The van der Waals surface area contributed by atoms with E-state index in [0.29, 0.717) is 5.56 Å². The fourth-order valence-electron chi connectivity index (χ4n) is 1.36. The maximum absolute atomic E-state index is 11.0. The molecule has 1 aromatic carbocycles. The third-order valence-corrected chi connectivity index (χ3v) is 3.82. The first-order valence-electron chi connectivity index (χ1n) is 5.31. The first-order chi connectivity index (χ1) is 8.00. The van der Waals surface area contributed by atoms with Crippen molar-refractivity contribution in [3.8, 4) is 0 Å². The van der Waals surface area contributed by atoms with Crippen LogP contribution in [0.25, 0.3) is 0 Å². The number of carboxylic acids is 1. The van der Waals surface area contributed by atoms with Gasteiger partial charge in [0.2, 0.25) is 0 Å². The average Bonchev–Trinajstić information content (AvgIpc) is 2.23. The molecule has 0 bridgehead atoms. The molecular formula is C12H16BrNO2S. The maximum Gasteiger partial charge on any atom is 0.336 e. The summed E-state index contributed by atoms with van der Waals surface area (Å²) in [7, 11) is 4.07. The Morgan fingerprint density at radius 2 is 2.18 bits per heavy atom. The number of carbonyl (C=O) groups is 1. The van der Waals surface area contributed by atoms with Gasteiger partial charge in [-0.3, -0.25) is 0 Å². The van der Waals surface area contributed by atoms with E-state index < -0.39 is 5.97 Å². The van der Waals surface area contributed by atoms with Crippen molar-refractivity contribution in [1.82, 2.24) is 4.90 Å². The van der Waals surface area contributed by atoms with E-state index in [0.717, 1.165) is 28.1 Å². The summed E-state index contributed by atoms with van der Waals surface area (Å²) in [5.41, 5.74) is 0.378. The van der Waals surface area contributed by atoms with Crippen LogP contribution < -0.4 is 0 Å². The van der Waals surface area contributed by atoms with Crippen LogP contribution in [-0.4, -0.2) is 42.4 Å². The van der Waals surface area contributed by atoms with Crippen LogP contribution in [-0.2, 0) is 0 Å². The van der Waals surface area contributed by atoms with Gasteiger partial charge >= 0.3 is 5.97 Å². The second-order valence-corrected chi connectivity index (χ2v) is 6.00. The lowest BCUT2D eigenvalue weighted by molar-refractivity contribution is 0.0693. The molecule has 0 saturated heterocycles. The summed E-state index contributed by atoms with van der Waals surface area (Å²) in [6, 6.07) is 5.26. The molecule has 0 saturated carbocycles. The number of carboxylic acid groups (broad SMARTS) is 1. The van der Waals surface area contributed by atoms with Crippen molar-refractivity contribution < 1.29 is 9.90 Å². The fraction of sp³-hybridized carbons (Fsp3) is 0.417. The molecule has 0 unspecified atom stereocenters. The Labute approximate surface area is 114 Å². The predicted octanol–water partition coefficient (Wildman–Crippen LogP) is 3.19. The van der Waals surface area contributed by atoms with E-state index in [4.69, 9.17) is 5.11 Å². The minimum atomic E-state index is -0.868. The second kappa shape index (κ2) is 7.03. The van der Waals surface area contributed by atoms with Crippen molar-refractivity contribution >= 4 is 33.7 Å². The molecule has 5 heteroatoms. The molecule has 17 heavy (non-hydrogen) atoms. The van der Waals surface area contributed by atoms with Gasteiger partial charge < -0.3 is 10.0 Å². The predicted molar refractivity (Wildman–Crippen MR) is 75.0 cm³/mol. The molecule has 0 amide bonds. The zero-order valence-electron chi connectivity index (χ0n) is 9.94. The first kappa shape index (κ1) is 14.5. The van der Waals surface area contributed by atoms with Gasteiger partial charge in [-0.05, 0) is 51.0 Å². The molecule has 0 aliphatic rings. The summed E-state index contributed by atoms with van der Waals surface area (Å²) in [4.78, 5) is 14.0. The van der Waals surface area contributed by atoms with E-state index in [1.165, 1.54) is 0 Å². The molecule has 0 aromatic heterocycles. The number of rotatable bonds is 6. The molecule has 1 aromatic rings. The summed E-state index contributed by atoms with van der Waals surface area (Å²) in [5, 5.41) is 9.06. The van der Waals surface area contributed by atoms with Crippen LogP contribution in [0.1, 0.15) is 16.8 Å². The Hall–Kier alpha value is -0.520. The molecule has 0 radical (unpaired) electrons. The lowest BCUT2D eigenvalue weighted by Gasteiger charge is -2.10. The van der Waals surface area contributed by atoms with Gasteiger partial charge in [-0.2, -0.15) is 0 Å². The van der Waals surface area contributed by atoms with E-state index in [-0.39, 0.29) is 0 Å². The van der Waals surface area contributed by atoms with Gasteiger partial charge in [0.05, 0.1) is 5.56 Å². The number of nitrogens with zero attached hydrogens (tertiary/aromatic N) is 1. The van der Waals surface area contributed by atoms with Crippen molar-refractivity contribution in [2.24, 2.45) is 0 Å². The van der Waals surface area contributed by atoms with Crippen LogP contribution >= 0.6 is 27.7 Å². The van der Waals surface area contributed by atoms with Crippen molar-refractivity contribution in [3.05, 3.63) is 28.2 Å². The fourth-order valence-corrected chi connectivity index (χ4v) is 2.88. The number of aromatic carboxylic acids is 1. The molecule has 3 nitrogen and oxygen atoms in total. The summed E-state index contributed by atoms with van der Waals surface area (Å²) < 4.78 is 0.914. The number of hydrogen-bond donors (Lipinski definition) is 1. The van der Waals surface area contributed by atoms with E-state index in [1.807, 2.05) is 20.2 Å². The zero-order chi connectivity index (χ0) is 12.8. The molecule has 94 valence electrons. The number of benzene rings is 1. The zero-order valence-corrected chi connectivity index (χ0v) is 12.3. The Balaban J connectivity index is 2.62. The molecule has 0 atom stereocenters. The highest BCUT2D eigenvalue weighted by Crippen LogP contribution is 2.27. The van der Waals surface area contributed by atoms with E-state index in [2.05, 4.69) is 20.8 Å². The Morgan fingerprint density at radius 3 is 2.76 bits per heavy atom. The second-order valence-electron chi connectivity index (χ2n) is 3.95. The van der Waals surface area contributed by atoms with Gasteiger partial charge in [0.1, 0.15) is 0 Å². The van der Waals surface area contributed by atoms with Crippen molar-refractivity contribution in [1.29, 1.82) is 0 Å². The standard InChI is InChI=1S/C12H16BrNO2S/c1-14(2)6-3-7-17-11-8-9(13)4-5-10(11)12(15)16/h4-5,8H,3,6-7H2,1-2H3,(H,15,16). The Bertz CT molecular complexity index is 396. The van der Waals surface area contributed by atoms with Crippen LogP contribution in [0, 0.1) is 0 Å². The van der Waals surface area contributed by atoms with Crippen LogP contribution in [0.15, 0.2) is 27.6 Å². The number of hydrogen-bond acceptors (Lipinski definition) is 3. The van der Waals surface area contributed by atoms with Gasteiger partial charge in [0.15, 0.2) is 0 Å². The molecule has 0 spiro atoms. The highest BCUT2D eigenvalue weighted by Gasteiger charge is 2.10. The van der Waals surface area contributed by atoms with E-state index >= 15 is 0 Å². The minimum Gasteiger partial charge on any atom is -0.478 e. The molecular weight excluding hydrogens is 302 g/mol. The smallest absolute Gasteiger partial charge is 0.336 e. The number of halogens is 1. The lowest BCUT2D eigenvalue weighted by atomic mass is 10.2. The van der Waals surface area contributed by atoms with Crippen molar-refractivity contribution in [3.63, 3.8) is 0 Å². The quantitative estimate of drug-likeness (QED) is 0.646. The Morgan fingerprint density at radius 1 is 1.47 bits per heavy atom. The topological polar surface area (TPSA) is 40.5 Å².